The third kappa shape index (κ3) is 3.36. The number of carbonyl (C=O) groups excluding carboxylic acids is 1. The van der Waals surface area contributed by atoms with E-state index < -0.39 is 10.0 Å². The van der Waals surface area contributed by atoms with E-state index in [1.807, 2.05) is 6.92 Å². The molecule has 1 aliphatic heterocycles. The Bertz CT molecular complexity index is 642. The van der Waals surface area contributed by atoms with Gasteiger partial charge in [0.25, 0.3) is 5.91 Å². The van der Waals surface area contributed by atoms with Crippen LogP contribution in [-0.4, -0.2) is 38.4 Å². The normalized spacial score (nSPS) is 18.8. The van der Waals surface area contributed by atoms with Crippen LogP contribution in [0.1, 0.15) is 37.0 Å². The zero-order valence-electron chi connectivity index (χ0n) is 12.2. The first kappa shape index (κ1) is 15.8. The topological polar surface area (TPSA) is 89.7 Å². The quantitative estimate of drug-likeness (QED) is 0.909. The Morgan fingerprint density at radius 1 is 1.48 bits per heavy atom. The van der Waals surface area contributed by atoms with Crippen LogP contribution in [0.25, 0.3) is 0 Å². The summed E-state index contributed by atoms with van der Waals surface area (Å²) in [5, 5.41) is 5.14. The molecule has 1 unspecified atom stereocenters. The monoisotopic (exact) mass is 312 g/mol. The molecule has 116 valence electrons. The molecule has 0 aromatic heterocycles. The summed E-state index contributed by atoms with van der Waals surface area (Å²) in [6, 6.07) is 4.28. The lowest BCUT2D eigenvalue weighted by Crippen LogP contribution is -2.34. The molecule has 0 spiro atoms. The van der Waals surface area contributed by atoms with Crippen molar-refractivity contribution in [2.75, 3.05) is 13.2 Å². The first-order valence-corrected chi connectivity index (χ1v) is 8.50. The number of nitrogens with zero attached hydrogens (tertiary/aromatic N) is 1. The summed E-state index contributed by atoms with van der Waals surface area (Å²) < 4.78 is 28.4. The summed E-state index contributed by atoms with van der Waals surface area (Å²) in [7, 11) is -3.85. The van der Waals surface area contributed by atoms with Gasteiger partial charge in [0.15, 0.2) is 0 Å². The minimum absolute atomic E-state index is 0.0823. The van der Waals surface area contributed by atoms with Crippen LogP contribution in [0.15, 0.2) is 23.1 Å². The van der Waals surface area contributed by atoms with Crippen LogP contribution in [0, 0.1) is 0 Å². The second kappa shape index (κ2) is 6.03. The molecule has 6 nitrogen and oxygen atoms in total. The van der Waals surface area contributed by atoms with Gasteiger partial charge in [-0.3, -0.25) is 4.79 Å². The van der Waals surface area contributed by atoms with Crippen LogP contribution in [0.5, 0.6) is 5.75 Å². The molecular weight excluding hydrogens is 292 g/mol. The van der Waals surface area contributed by atoms with E-state index in [-0.39, 0.29) is 22.4 Å². The Kier molecular flexibility index (Phi) is 4.53. The molecule has 2 rings (SSSR count). The van der Waals surface area contributed by atoms with E-state index in [0.717, 1.165) is 12.8 Å². The van der Waals surface area contributed by atoms with E-state index in [4.69, 9.17) is 9.88 Å². The smallest absolute Gasteiger partial charge is 0.257 e. The molecule has 0 saturated carbocycles. The number of primary sulfonamides is 1. The van der Waals surface area contributed by atoms with Gasteiger partial charge in [-0.2, -0.15) is 0 Å². The van der Waals surface area contributed by atoms with Gasteiger partial charge in [-0.05, 0) is 44.9 Å². The molecule has 7 heteroatoms. The molecule has 1 fully saturated rings. The van der Waals surface area contributed by atoms with Crippen LogP contribution in [-0.2, 0) is 10.0 Å². The zero-order chi connectivity index (χ0) is 15.6. The second-order valence-electron chi connectivity index (χ2n) is 5.13. The molecule has 1 aromatic carbocycles. The number of nitrogens with two attached hydrogens (primary N) is 1. The SMILES string of the molecule is CCOc1ccc(S(N)(=O)=O)cc1C(=O)N1CCCC1C. The second-order valence-corrected chi connectivity index (χ2v) is 6.69. The Balaban J connectivity index is 2.45. The molecule has 1 aromatic rings. The zero-order valence-corrected chi connectivity index (χ0v) is 13.0. The van der Waals surface area contributed by atoms with Crippen LogP contribution >= 0.6 is 0 Å². The van der Waals surface area contributed by atoms with Crippen molar-refractivity contribution >= 4 is 15.9 Å². The molecule has 0 aliphatic carbocycles. The maximum Gasteiger partial charge on any atom is 0.257 e. The summed E-state index contributed by atoms with van der Waals surface area (Å²) in [5.74, 6) is 0.169. The largest absolute Gasteiger partial charge is 0.493 e. The fraction of sp³-hybridized carbons (Fsp3) is 0.500. The Morgan fingerprint density at radius 2 is 2.19 bits per heavy atom. The molecule has 2 N–H and O–H groups in total. The highest BCUT2D eigenvalue weighted by Crippen LogP contribution is 2.27. The summed E-state index contributed by atoms with van der Waals surface area (Å²) in [5.41, 5.74) is 0.247. The van der Waals surface area contributed by atoms with E-state index in [9.17, 15) is 13.2 Å². The molecule has 21 heavy (non-hydrogen) atoms. The summed E-state index contributed by atoms with van der Waals surface area (Å²) in [6.07, 6.45) is 1.90. The number of likely N-dealkylation sites (tertiary alicyclic amines) is 1. The average Bonchev–Trinajstić information content (AvgIpc) is 2.84. The first-order valence-electron chi connectivity index (χ1n) is 6.95. The molecule has 0 bridgehead atoms. The van der Waals surface area contributed by atoms with E-state index in [2.05, 4.69) is 0 Å². The molecule has 1 amide bonds. The number of amides is 1. The van der Waals surface area contributed by atoms with Crippen molar-refractivity contribution in [1.82, 2.24) is 4.90 Å². The highest BCUT2D eigenvalue weighted by molar-refractivity contribution is 7.89. The summed E-state index contributed by atoms with van der Waals surface area (Å²) in [4.78, 5) is 14.3. The van der Waals surface area contributed by atoms with Gasteiger partial charge in [0.05, 0.1) is 17.1 Å². The van der Waals surface area contributed by atoms with Crippen molar-refractivity contribution in [1.29, 1.82) is 0 Å². The maximum atomic E-state index is 12.6. The number of ether oxygens (including phenoxy) is 1. The molecule has 1 atom stereocenters. The van der Waals surface area contributed by atoms with Crippen LogP contribution in [0.4, 0.5) is 0 Å². The van der Waals surface area contributed by atoms with Crippen LogP contribution < -0.4 is 9.88 Å². The Morgan fingerprint density at radius 3 is 2.71 bits per heavy atom. The molecular formula is C14H20N2O4S. The minimum atomic E-state index is -3.85. The lowest BCUT2D eigenvalue weighted by Gasteiger charge is -2.23. The van der Waals surface area contributed by atoms with Crippen molar-refractivity contribution in [2.24, 2.45) is 5.14 Å². The van der Waals surface area contributed by atoms with Gasteiger partial charge in [0.1, 0.15) is 5.75 Å². The Labute approximate surface area is 124 Å². The van der Waals surface area contributed by atoms with Gasteiger partial charge < -0.3 is 9.64 Å². The first-order chi connectivity index (χ1) is 9.84. The van der Waals surface area contributed by atoms with Gasteiger partial charge in [-0.1, -0.05) is 0 Å². The van der Waals surface area contributed by atoms with E-state index in [1.54, 1.807) is 11.8 Å². The van der Waals surface area contributed by atoms with Gasteiger partial charge >= 0.3 is 0 Å². The standard InChI is InChI=1S/C14H20N2O4S/c1-3-20-13-7-6-11(21(15,18)19)9-12(13)14(17)16-8-4-5-10(16)2/h6-7,9-10H,3-5,8H2,1-2H3,(H2,15,18,19). The predicted octanol–water partition coefficient (Wildman–Crippen LogP) is 1.36. The molecule has 0 radical (unpaired) electrons. The molecule has 1 aliphatic rings. The average molecular weight is 312 g/mol. The van der Waals surface area contributed by atoms with Crippen molar-refractivity contribution < 1.29 is 17.9 Å². The fourth-order valence-electron chi connectivity index (χ4n) is 2.52. The highest BCUT2D eigenvalue weighted by Gasteiger charge is 2.28. The van der Waals surface area contributed by atoms with Gasteiger partial charge in [-0.15, -0.1) is 0 Å². The molecule has 1 heterocycles. The van der Waals surface area contributed by atoms with Gasteiger partial charge in [-0.25, -0.2) is 13.6 Å². The summed E-state index contributed by atoms with van der Waals surface area (Å²) in [6.45, 7) is 4.85. The Hall–Kier alpha value is -1.60. The fourth-order valence-corrected chi connectivity index (χ4v) is 3.06. The number of hydrogen-bond donors (Lipinski definition) is 1. The lowest BCUT2D eigenvalue weighted by atomic mass is 10.1. The minimum Gasteiger partial charge on any atom is -0.493 e. The number of hydrogen-bond acceptors (Lipinski definition) is 4. The maximum absolute atomic E-state index is 12.6. The third-order valence-corrected chi connectivity index (χ3v) is 4.53. The van der Waals surface area contributed by atoms with Crippen LogP contribution in [0.2, 0.25) is 0 Å². The van der Waals surface area contributed by atoms with Gasteiger partial charge in [0.2, 0.25) is 10.0 Å². The number of carbonyl (C=O) groups is 1. The predicted molar refractivity (Wildman–Crippen MR) is 78.7 cm³/mol. The number of rotatable bonds is 4. The van der Waals surface area contributed by atoms with E-state index in [0.29, 0.717) is 18.9 Å². The molecule has 1 saturated heterocycles. The van der Waals surface area contributed by atoms with Crippen molar-refractivity contribution in [2.45, 2.75) is 37.6 Å². The van der Waals surface area contributed by atoms with E-state index >= 15 is 0 Å². The van der Waals surface area contributed by atoms with E-state index in [1.165, 1.54) is 18.2 Å². The van der Waals surface area contributed by atoms with Crippen molar-refractivity contribution in [3.8, 4) is 5.75 Å². The van der Waals surface area contributed by atoms with Gasteiger partial charge in [0, 0.05) is 12.6 Å². The number of benzene rings is 1. The third-order valence-electron chi connectivity index (χ3n) is 3.62. The van der Waals surface area contributed by atoms with Crippen molar-refractivity contribution in [3.63, 3.8) is 0 Å². The summed E-state index contributed by atoms with van der Waals surface area (Å²) >= 11 is 0. The van der Waals surface area contributed by atoms with Crippen LogP contribution in [0.3, 0.4) is 0 Å². The lowest BCUT2D eigenvalue weighted by molar-refractivity contribution is 0.0743. The van der Waals surface area contributed by atoms with Crippen molar-refractivity contribution in [3.05, 3.63) is 23.8 Å². The highest BCUT2D eigenvalue weighted by atomic mass is 32.2. The number of sulfonamides is 1.